The third-order valence-corrected chi connectivity index (χ3v) is 1.89. The van der Waals surface area contributed by atoms with Gasteiger partial charge in [0.15, 0.2) is 0 Å². The summed E-state index contributed by atoms with van der Waals surface area (Å²) in [6.45, 7) is 0. The molecule has 1 aliphatic heterocycles. The first-order chi connectivity index (χ1) is 5.36. The summed E-state index contributed by atoms with van der Waals surface area (Å²) in [7, 11) is 0. The third-order valence-electron chi connectivity index (χ3n) is 1.89. The van der Waals surface area contributed by atoms with E-state index in [2.05, 4.69) is 6.07 Å². The minimum absolute atomic E-state index is 0.127. The van der Waals surface area contributed by atoms with E-state index >= 15 is 0 Å². The lowest BCUT2D eigenvalue weighted by molar-refractivity contribution is 0.181. The van der Waals surface area contributed by atoms with Crippen LogP contribution in [0.25, 0.3) is 0 Å². The zero-order valence-corrected chi connectivity index (χ0v) is 6.21. The Morgan fingerprint density at radius 3 is 3.45 bits per heavy atom. The van der Waals surface area contributed by atoms with Crippen LogP contribution in [-0.4, -0.2) is 6.23 Å². The predicted molar refractivity (Wildman–Crippen MR) is 42.2 cm³/mol. The highest BCUT2D eigenvalue weighted by Crippen LogP contribution is 2.24. The first-order valence-electron chi connectivity index (χ1n) is 3.77. The predicted octanol–water partition coefficient (Wildman–Crippen LogP) is 1.10. The van der Waals surface area contributed by atoms with Crippen LogP contribution in [0.1, 0.15) is 12.0 Å². The molecule has 1 aromatic carbocycles. The molecule has 0 aliphatic carbocycles. The molecule has 2 rings (SSSR count). The van der Waals surface area contributed by atoms with E-state index in [9.17, 15) is 0 Å². The maximum atomic E-state index is 5.61. The minimum atomic E-state index is -0.127. The lowest BCUT2D eigenvalue weighted by Gasteiger charge is -2.22. The molecule has 1 aliphatic rings. The van der Waals surface area contributed by atoms with E-state index in [1.807, 2.05) is 18.2 Å². The molecule has 0 fully saturated rings. The van der Waals surface area contributed by atoms with Gasteiger partial charge in [-0.05, 0) is 24.1 Å². The summed E-state index contributed by atoms with van der Waals surface area (Å²) in [4.78, 5) is 0. The molecule has 2 N–H and O–H groups in total. The van der Waals surface area contributed by atoms with Gasteiger partial charge >= 0.3 is 0 Å². The van der Waals surface area contributed by atoms with Gasteiger partial charge < -0.3 is 4.74 Å². The highest BCUT2D eigenvalue weighted by molar-refractivity contribution is 5.34. The first-order valence-corrected chi connectivity index (χ1v) is 3.77. The van der Waals surface area contributed by atoms with E-state index in [0.717, 1.165) is 18.6 Å². The zero-order valence-electron chi connectivity index (χ0n) is 6.21. The topological polar surface area (TPSA) is 35.2 Å². The Bertz CT molecular complexity index is 259. The molecule has 1 heterocycles. The SMILES string of the molecule is NC1CCc2cc[c]cc2O1. The monoisotopic (exact) mass is 148 g/mol. The van der Waals surface area contributed by atoms with Crippen molar-refractivity contribution in [1.82, 2.24) is 0 Å². The molecule has 0 spiro atoms. The van der Waals surface area contributed by atoms with Gasteiger partial charge in [-0.1, -0.05) is 12.1 Å². The van der Waals surface area contributed by atoms with E-state index in [4.69, 9.17) is 10.5 Å². The van der Waals surface area contributed by atoms with Gasteiger partial charge in [0.1, 0.15) is 12.0 Å². The van der Waals surface area contributed by atoms with Gasteiger partial charge in [0, 0.05) is 6.42 Å². The van der Waals surface area contributed by atoms with Crippen LogP contribution in [-0.2, 0) is 6.42 Å². The van der Waals surface area contributed by atoms with E-state index in [1.54, 1.807) is 0 Å². The van der Waals surface area contributed by atoms with Crippen molar-refractivity contribution in [3.63, 3.8) is 0 Å². The molecule has 2 nitrogen and oxygen atoms in total. The zero-order chi connectivity index (χ0) is 7.68. The van der Waals surface area contributed by atoms with Gasteiger partial charge in [0.25, 0.3) is 0 Å². The highest BCUT2D eigenvalue weighted by atomic mass is 16.5. The number of hydrogen-bond acceptors (Lipinski definition) is 2. The summed E-state index contributed by atoms with van der Waals surface area (Å²) in [6, 6.07) is 8.73. The summed E-state index contributed by atoms with van der Waals surface area (Å²) in [5, 5.41) is 0. The van der Waals surface area contributed by atoms with E-state index in [-0.39, 0.29) is 6.23 Å². The van der Waals surface area contributed by atoms with Crippen LogP contribution >= 0.6 is 0 Å². The normalized spacial score (nSPS) is 22.1. The maximum Gasteiger partial charge on any atom is 0.148 e. The standard InChI is InChI=1S/C9H10NO/c10-9-6-5-7-3-1-2-4-8(7)11-9/h1,3-4,9H,5-6,10H2. The van der Waals surface area contributed by atoms with Crippen LogP contribution in [0.4, 0.5) is 0 Å². The first kappa shape index (κ1) is 6.68. The Morgan fingerprint density at radius 2 is 2.55 bits per heavy atom. The second kappa shape index (κ2) is 2.55. The number of rotatable bonds is 0. The molecular weight excluding hydrogens is 138 g/mol. The minimum Gasteiger partial charge on any atom is -0.475 e. The molecule has 0 aromatic heterocycles. The van der Waals surface area contributed by atoms with E-state index in [1.165, 1.54) is 5.56 Å². The summed E-state index contributed by atoms with van der Waals surface area (Å²) < 4.78 is 5.38. The molecule has 11 heavy (non-hydrogen) atoms. The van der Waals surface area contributed by atoms with Crippen LogP contribution in [0.5, 0.6) is 5.75 Å². The molecule has 1 radical (unpaired) electrons. The van der Waals surface area contributed by atoms with Crippen molar-refractivity contribution in [2.24, 2.45) is 5.73 Å². The molecule has 0 amide bonds. The van der Waals surface area contributed by atoms with Gasteiger partial charge in [-0.15, -0.1) is 0 Å². The summed E-state index contributed by atoms with van der Waals surface area (Å²) in [6.07, 6.45) is 1.81. The van der Waals surface area contributed by atoms with Crippen molar-refractivity contribution < 1.29 is 4.74 Å². The Labute approximate surface area is 66.0 Å². The van der Waals surface area contributed by atoms with Crippen LogP contribution in [0.15, 0.2) is 18.2 Å². The van der Waals surface area contributed by atoms with Crippen molar-refractivity contribution in [3.05, 3.63) is 29.8 Å². The second-order valence-electron chi connectivity index (χ2n) is 2.73. The molecule has 1 aromatic rings. The quantitative estimate of drug-likeness (QED) is 0.598. The largest absolute Gasteiger partial charge is 0.475 e. The van der Waals surface area contributed by atoms with Crippen molar-refractivity contribution in [2.45, 2.75) is 19.1 Å². The Balaban J connectivity index is 2.34. The fourth-order valence-corrected chi connectivity index (χ4v) is 1.28. The maximum absolute atomic E-state index is 5.61. The number of benzene rings is 1. The van der Waals surface area contributed by atoms with Crippen LogP contribution < -0.4 is 10.5 Å². The van der Waals surface area contributed by atoms with Crippen LogP contribution in [0.2, 0.25) is 0 Å². The molecule has 0 saturated heterocycles. The number of aryl methyl sites for hydroxylation is 1. The molecule has 57 valence electrons. The lowest BCUT2D eigenvalue weighted by Crippen LogP contribution is -2.30. The van der Waals surface area contributed by atoms with Crippen molar-refractivity contribution >= 4 is 0 Å². The van der Waals surface area contributed by atoms with Crippen molar-refractivity contribution in [1.29, 1.82) is 0 Å². The Hall–Kier alpha value is -1.02. The summed E-state index contributed by atoms with van der Waals surface area (Å²) in [5.74, 6) is 0.895. The fraction of sp³-hybridized carbons (Fsp3) is 0.333. The molecule has 0 bridgehead atoms. The van der Waals surface area contributed by atoms with Crippen molar-refractivity contribution in [2.75, 3.05) is 0 Å². The van der Waals surface area contributed by atoms with Gasteiger partial charge in [0.05, 0.1) is 0 Å². The average molecular weight is 148 g/mol. The molecule has 0 saturated carbocycles. The number of fused-ring (bicyclic) bond motifs is 1. The highest BCUT2D eigenvalue weighted by Gasteiger charge is 2.14. The average Bonchev–Trinajstić information content (AvgIpc) is 2.04. The third kappa shape index (κ3) is 1.21. The second-order valence-corrected chi connectivity index (χ2v) is 2.73. The number of nitrogens with two attached hydrogens (primary N) is 1. The van der Waals surface area contributed by atoms with Crippen molar-refractivity contribution in [3.8, 4) is 5.75 Å². The fourth-order valence-electron chi connectivity index (χ4n) is 1.28. The van der Waals surface area contributed by atoms with Gasteiger partial charge in [0.2, 0.25) is 0 Å². The van der Waals surface area contributed by atoms with Crippen LogP contribution in [0, 0.1) is 6.07 Å². The van der Waals surface area contributed by atoms with Gasteiger partial charge in [-0.25, -0.2) is 0 Å². The Kier molecular flexibility index (Phi) is 1.55. The van der Waals surface area contributed by atoms with E-state index in [0.29, 0.717) is 0 Å². The van der Waals surface area contributed by atoms with Gasteiger partial charge in [-0.3, -0.25) is 5.73 Å². The smallest absolute Gasteiger partial charge is 0.148 e. The van der Waals surface area contributed by atoms with E-state index < -0.39 is 0 Å². The van der Waals surface area contributed by atoms with Crippen LogP contribution in [0.3, 0.4) is 0 Å². The lowest BCUT2D eigenvalue weighted by atomic mass is 10.1. The van der Waals surface area contributed by atoms with Gasteiger partial charge in [-0.2, -0.15) is 0 Å². The molecular formula is C9H10NO. The summed E-state index contributed by atoms with van der Waals surface area (Å²) in [5.41, 5.74) is 6.85. The Morgan fingerprint density at radius 1 is 1.64 bits per heavy atom. The molecule has 1 atom stereocenters. The number of hydrogen-bond donors (Lipinski definition) is 1. The molecule has 2 heteroatoms. The molecule has 1 unspecified atom stereocenters. The number of ether oxygens (including phenoxy) is 1. The summed E-state index contributed by atoms with van der Waals surface area (Å²) >= 11 is 0.